The van der Waals surface area contributed by atoms with Crippen molar-refractivity contribution in [3.63, 3.8) is 0 Å². The monoisotopic (exact) mass is 190 g/mol. The third-order valence-corrected chi connectivity index (χ3v) is 4.73. The fourth-order valence-corrected chi connectivity index (χ4v) is 4.09. The number of hydrogen-bond acceptors (Lipinski definition) is 3. The molecule has 0 radical (unpaired) electrons. The summed E-state index contributed by atoms with van der Waals surface area (Å²) in [6, 6.07) is 0. The van der Waals surface area contributed by atoms with Crippen molar-refractivity contribution in [3.05, 3.63) is 0 Å². The van der Waals surface area contributed by atoms with E-state index in [9.17, 15) is 8.42 Å². The summed E-state index contributed by atoms with van der Waals surface area (Å²) < 4.78 is 36.0. The van der Waals surface area contributed by atoms with Gasteiger partial charge in [0.1, 0.15) is 0 Å². The standard InChI is InChI=1S/C7H10O4S/c8-12(9,10)5-2-3-1-4(5)7-6(3)11-7/h3-7H,1-2H2,(H,8,9,10). The first-order valence-corrected chi connectivity index (χ1v) is 5.69. The number of ether oxygens (including phenoxy) is 1. The van der Waals surface area contributed by atoms with E-state index in [1.54, 1.807) is 0 Å². The summed E-state index contributed by atoms with van der Waals surface area (Å²) in [5.74, 6) is 0.474. The molecule has 5 unspecified atom stereocenters. The van der Waals surface area contributed by atoms with Crippen molar-refractivity contribution < 1.29 is 17.7 Å². The number of rotatable bonds is 1. The van der Waals surface area contributed by atoms with Crippen molar-refractivity contribution in [3.8, 4) is 0 Å². The highest BCUT2D eigenvalue weighted by atomic mass is 32.2. The normalized spacial score (nSPS) is 55.6. The summed E-state index contributed by atoms with van der Waals surface area (Å²) in [5, 5.41) is -0.536. The van der Waals surface area contributed by atoms with Gasteiger partial charge in [0.15, 0.2) is 0 Å². The molecule has 1 aliphatic heterocycles. The summed E-state index contributed by atoms with van der Waals surface area (Å²) in [6.07, 6.45) is 2.01. The minimum atomic E-state index is -3.82. The molecule has 12 heavy (non-hydrogen) atoms. The van der Waals surface area contributed by atoms with Crippen LogP contribution >= 0.6 is 0 Å². The van der Waals surface area contributed by atoms with Crippen LogP contribution < -0.4 is 0 Å². The van der Waals surface area contributed by atoms with E-state index in [1.165, 1.54) is 0 Å². The maximum atomic E-state index is 10.9. The molecule has 1 N–H and O–H groups in total. The highest BCUT2D eigenvalue weighted by molar-refractivity contribution is 7.86. The van der Waals surface area contributed by atoms with Crippen LogP contribution in [0.15, 0.2) is 0 Å². The van der Waals surface area contributed by atoms with Crippen LogP contribution in [0.25, 0.3) is 0 Å². The molecule has 2 aliphatic carbocycles. The molecule has 2 bridgehead atoms. The summed E-state index contributed by atoms with van der Waals surface area (Å²) in [4.78, 5) is 0. The zero-order valence-corrected chi connectivity index (χ0v) is 7.20. The lowest BCUT2D eigenvalue weighted by Crippen LogP contribution is -2.30. The van der Waals surface area contributed by atoms with Gasteiger partial charge in [-0.3, -0.25) is 4.55 Å². The Kier molecular flexibility index (Phi) is 1.13. The average Bonchev–Trinajstić information content (AvgIpc) is 2.55. The second kappa shape index (κ2) is 1.86. The van der Waals surface area contributed by atoms with Gasteiger partial charge in [-0.15, -0.1) is 0 Å². The average molecular weight is 190 g/mol. The van der Waals surface area contributed by atoms with Gasteiger partial charge in [-0.25, -0.2) is 0 Å². The van der Waals surface area contributed by atoms with Gasteiger partial charge in [0.2, 0.25) is 0 Å². The zero-order valence-electron chi connectivity index (χ0n) is 6.38. The number of fused-ring (bicyclic) bond motifs is 5. The topological polar surface area (TPSA) is 66.9 Å². The lowest BCUT2D eigenvalue weighted by molar-refractivity contribution is 0.263. The van der Waals surface area contributed by atoms with E-state index in [-0.39, 0.29) is 12.0 Å². The Bertz CT molecular complexity index is 322. The first-order valence-electron chi connectivity index (χ1n) is 4.19. The van der Waals surface area contributed by atoms with Crippen LogP contribution in [0.1, 0.15) is 12.8 Å². The van der Waals surface area contributed by atoms with Gasteiger partial charge in [0, 0.05) is 5.92 Å². The summed E-state index contributed by atoms with van der Waals surface area (Å²) in [5.41, 5.74) is 0. The maximum absolute atomic E-state index is 10.9. The van der Waals surface area contributed by atoms with E-state index >= 15 is 0 Å². The van der Waals surface area contributed by atoms with Crippen LogP contribution in [0, 0.1) is 11.8 Å². The van der Waals surface area contributed by atoms with Crippen LogP contribution in [-0.2, 0) is 14.9 Å². The Morgan fingerprint density at radius 1 is 1.25 bits per heavy atom. The highest BCUT2D eigenvalue weighted by Crippen LogP contribution is 2.57. The van der Waals surface area contributed by atoms with Crippen LogP contribution in [-0.4, -0.2) is 30.4 Å². The Morgan fingerprint density at radius 3 is 2.50 bits per heavy atom. The van der Waals surface area contributed by atoms with Gasteiger partial charge in [0.25, 0.3) is 10.1 Å². The molecule has 2 saturated carbocycles. The van der Waals surface area contributed by atoms with E-state index in [0.717, 1.165) is 6.42 Å². The first-order chi connectivity index (χ1) is 5.57. The van der Waals surface area contributed by atoms with Gasteiger partial charge in [-0.2, -0.15) is 8.42 Å². The molecule has 0 spiro atoms. The Labute approximate surface area is 70.7 Å². The predicted octanol–water partition coefficient (Wildman–Crippen LogP) is 0.0500. The molecular weight excluding hydrogens is 180 g/mol. The molecule has 0 aromatic carbocycles. The molecule has 1 saturated heterocycles. The van der Waals surface area contributed by atoms with Crippen LogP contribution in [0.5, 0.6) is 0 Å². The minimum Gasteiger partial charge on any atom is -0.369 e. The zero-order chi connectivity index (χ0) is 8.51. The fraction of sp³-hybridized carbons (Fsp3) is 1.00. The summed E-state index contributed by atoms with van der Waals surface area (Å²) >= 11 is 0. The second-order valence-corrected chi connectivity index (χ2v) is 5.65. The predicted molar refractivity (Wildman–Crippen MR) is 40.2 cm³/mol. The number of hydrogen-bond donors (Lipinski definition) is 1. The van der Waals surface area contributed by atoms with Gasteiger partial charge < -0.3 is 4.74 Å². The van der Waals surface area contributed by atoms with Gasteiger partial charge in [-0.1, -0.05) is 0 Å². The molecule has 4 nitrogen and oxygen atoms in total. The molecule has 3 aliphatic rings. The molecule has 3 rings (SSSR count). The van der Waals surface area contributed by atoms with Crippen molar-refractivity contribution in [2.75, 3.05) is 0 Å². The maximum Gasteiger partial charge on any atom is 0.268 e. The Hall–Kier alpha value is -0.130. The van der Waals surface area contributed by atoms with Crippen LogP contribution in [0.2, 0.25) is 0 Å². The molecule has 68 valence electrons. The Balaban J connectivity index is 1.94. The third kappa shape index (κ3) is 0.765. The molecule has 5 heteroatoms. The highest BCUT2D eigenvalue weighted by Gasteiger charge is 2.65. The molecule has 0 aromatic rings. The smallest absolute Gasteiger partial charge is 0.268 e. The lowest BCUT2D eigenvalue weighted by atomic mass is 10.0. The van der Waals surface area contributed by atoms with Crippen LogP contribution in [0.4, 0.5) is 0 Å². The van der Waals surface area contributed by atoms with Gasteiger partial charge in [0.05, 0.1) is 17.5 Å². The second-order valence-electron chi connectivity index (χ2n) is 4.01. The third-order valence-electron chi connectivity index (χ3n) is 3.42. The van der Waals surface area contributed by atoms with E-state index in [0.29, 0.717) is 18.4 Å². The first kappa shape index (κ1) is 7.29. The summed E-state index contributed by atoms with van der Waals surface area (Å²) in [7, 11) is -3.82. The largest absolute Gasteiger partial charge is 0.369 e. The molecule has 0 aromatic heterocycles. The summed E-state index contributed by atoms with van der Waals surface area (Å²) in [6.45, 7) is 0. The molecule has 3 fully saturated rings. The van der Waals surface area contributed by atoms with Crippen molar-refractivity contribution in [2.45, 2.75) is 30.3 Å². The molecule has 1 heterocycles. The van der Waals surface area contributed by atoms with Crippen LogP contribution in [0.3, 0.4) is 0 Å². The van der Waals surface area contributed by atoms with E-state index in [1.807, 2.05) is 0 Å². The molecule has 5 atom stereocenters. The quantitative estimate of drug-likeness (QED) is 0.468. The van der Waals surface area contributed by atoms with E-state index < -0.39 is 15.4 Å². The van der Waals surface area contributed by atoms with E-state index in [2.05, 4.69) is 0 Å². The van der Waals surface area contributed by atoms with Crippen molar-refractivity contribution in [1.82, 2.24) is 0 Å². The number of epoxide rings is 1. The molecule has 0 amide bonds. The molecular formula is C7H10O4S. The van der Waals surface area contributed by atoms with Gasteiger partial charge >= 0.3 is 0 Å². The van der Waals surface area contributed by atoms with Crippen molar-refractivity contribution in [2.24, 2.45) is 11.8 Å². The van der Waals surface area contributed by atoms with E-state index in [4.69, 9.17) is 9.29 Å². The Morgan fingerprint density at radius 2 is 2.00 bits per heavy atom. The van der Waals surface area contributed by atoms with Crippen molar-refractivity contribution >= 4 is 10.1 Å². The van der Waals surface area contributed by atoms with Crippen molar-refractivity contribution in [1.29, 1.82) is 0 Å². The fourth-order valence-electron chi connectivity index (χ4n) is 2.89. The minimum absolute atomic E-state index is 0.0787. The SMILES string of the molecule is O=S(=O)(O)C1CC2CC1C1OC21. The van der Waals surface area contributed by atoms with Gasteiger partial charge in [-0.05, 0) is 18.8 Å². The lowest BCUT2D eigenvalue weighted by Gasteiger charge is -2.15.